The minimum absolute atomic E-state index is 0.0175. The Bertz CT molecular complexity index is 1350. The fraction of sp³-hybridized carbons (Fsp3) is 0.269. The fourth-order valence-electron chi connectivity index (χ4n) is 3.68. The third-order valence-electron chi connectivity index (χ3n) is 5.47. The first-order valence-electron chi connectivity index (χ1n) is 11.4. The zero-order chi connectivity index (χ0) is 25.7. The maximum absolute atomic E-state index is 14.0. The van der Waals surface area contributed by atoms with Gasteiger partial charge in [-0.3, -0.25) is 9.10 Å². The van der Waals surface area contributed by atoms with E-state index in [9.17, 15) is 17.6 Å². The van der Waals surface area contributed by atoms with Gasteiger partial charge in [-0.2, -0.15) is 0 Å². The van der Waals surface area contributed by atoms with Crippen LogP contribution in [0.1, 0.15) is 12.5 Å². The monoisotopic (exact) mass is 514 g/mol. The molecule has 1 atom stereocenters. The van der Waals surface area contributed by atoms with Gasteiger partial charge in [0, 0.05) is 6.07 Å². The number of rotatable bonds is 9. The van der Waals surface area contributed by atoms with E-state index in [0.29, 0.717) is 18.1 Å². The predicted molar refractivity (Wildman–Crippen MR) is 133 cm³/mol. The van der Waals surface area contributed by atoms with E-state index in [-0.39, 0.29) is 29.5 Å². The molecule has 3 aromatic rings. The van der Waals surface area contributed by atoms with Crippen molar-refractivity contribution in [3.05, 3.63) is 78.1 Å². The molecule has 10 heteroatoms. The molecule has 0 spiro atoms. The highest BCUT2D eigenvalue weighted by Crippen LogP contribution is 2.34. The zero-order valence-corrected chi connectivity index (χ0v) is 20.8. The van der Waals surface area contributed by atoms with Gasteiger partial charge < -0.3 is 19.5 Å². The number of ether oxygens (including phenoxy) is 3. The first-order chi connectivity index (χ1) is 17.2. The number of para-hydroxylation sites is 1. The smallest absolute Gasteiger partial charge is 0.264 e. The third-order valence-corrected chi connectivity index (χ3v) is 7.24. The van der Waals surface area contributed by atoms with Crippen molar-refractivity contribution in [2.45, 2.75) is 24.8 Å². The van der Waals surface area contributed by atoms with Crippen molar-refractivity contribution in [1.82, 2.24) is 5.32 Å². The van der Waals surface area contributed by atoms with Crippen molar-refractivity contribution >= 4 is 21.6 Å². The van der Waals surface area contributed by atoms with Gasteiger partial charge in [0.25, 0.3) is 10.0 Å². The van der Waals surface area contributed by atoms with Crippen molar-refractivity contribution in [1.29, 1.82) is 0 Å². The molecule has 0 aliphatic carbocycles. The van der Waals surface area contributed by atoms with Gasteiger partial charge in [0.15, 0.2) is 11.5 Å². The molecule has 0 aromatic heterocycles. The molecule has 0 fully saturated rings. The highest BCUT2D eigenvalue weighted by Gasteiger charge is 2.29. The number of nitrogens with one attached hydrogen (secondary N) is 1. The molecule has 0 saturated heterocycles. The summed E-state index contributed by atoms with van der Waals surface area (Å²) in [6.45, 7) is 3.94. The number of halogens is 1. The number of benzene rings is 3. The Balaban J connectivity index is 1.53. The van der Waals surface area contributed by atoms with Gasteiger partial charge >= 0.3 is 0 Å². The molecule has 1 aliphatic heterocycles. The van der Waals surface area contributed by atoms with E-state index >= 15 is 0 Å². The van der Waals surface area contributed by atoms with E-state index in [2.05, 4.69) is 5.32 Å². The molecule has 1 amide bonds. The third kappa shape index (κ3) is 5.88. The van der Waals surface area contributed by atoms with Crippen LogP contribution >= 0.6 is 0 Å². The SMILES string of the molecule is Cc1ccccc1OCC(C)NC(=O)CN(c1cccc(F)c1)S(=O)(=O)c1ccc2c(c1)OCCO2. The summed E-state index contributed by atoms with van der Waals surface area (Å²) in [7, 11) is -4.26. The number of hydrogen-bond donors (Lipinski definition) is 1. The van der Waals surface area contributed by atoms with Crippen LogP contribution in [-0.4, -0.2) is 46.7 Å². The molecule has 1 aliphatic rings. The molecule has 0 bridgehead atoms. The minimum atomic E-state index is -4.26. The van der Waals surface area contributed by atoms with E-state index < -0.39 is 34.3 Å². The van der Waals surface area contributed by atoms with Crippen molar-refractivity contribution < 1.29 is 31.8 Å². The van der Waals surface area contributed by atoms with Gasteiger partial charge in [-0.05, 0) is 55.8 Å². The Morgan fingerprint density at radius 2 is 1.81 bits per heavy atom. The molecule has 8 nitrogen and oxygen atoms in total. The highest BCUT2D eigenvalue weighted by atomic mass is 32.2. The standard InChI is InChI=1S/C26H27FN2O6S/c1-18-6-3-4-9-23(18)35-17-19(2)28-26(30)16-29(21-8-5-7-20(27)14-21)36(31,32)22-10-11-24-25(15-22)34-13-12-33-24/h3-11,14-15,19H,12-13,16-17H2,1-2H3,(H,28,30). The molecule has 4 rings (SSSR count). The molecule has 1 N–H and O–H groups in total. The highest BCUT2D eigenvalue weighted by molar-refractivity contribution is 7.92. The Morgan fingerprint density at radius 3 is 2.56 bits per heavy atom. The number of sulfonamides is 1. The van der Waals surface area contributed by atoms with E-state index in [1.807, 2.05) is 31.2 Å². The average Bonchev–Trinajstić information content (AvgIpc) is 2.86. The molecule has 1 heterocycles. The second kappa shape index (κ2) is 10.9. The average molecular weight is 515 g/mol. The predicted octanol–water partition coefficient (Wildman–Crippen LogP) is 3.68. The zero-order valence-electron chi connectivity index (χ0n) is 19.9. The molecular formula is C26H27FN2O6S. The van der Waals surface area contributed by atoms with Crippen molar-refractivity contribution in [2.24, 2.45) is 0 Å². The van der Waals surface area contributed by atoms with Gasteiger partial charge in [-0.15, -0.1) is 0 Å². The number of nitrogens with zero attached hydrogens (tertiary/aromatic N) is 1. The van der Waals surface area contributed by atoms with Crippen LogP contribution in [0.2, 0.25) is 0 Å². The van der Waals surface area contributed by atoms with Crippen LogP contribution in [0.5, 0.6) is 17.2 Å². The lowest BCUT2D eigenvalue weighted by Gasteiger charge is -2.26. The summed E-state index contributed by atoms with van der Waals surface area (Å²) < 4.78 is 58.8. The lowest BCUT2D eigenvalue weighted by Crippen LogP contribution is -2.45. The number of amides is 1. The van der Waals surface area contributed by atoms with Crippen LogP contribution in [0.4, 0.5) is 10.1 Å². The van der Waals surface area contributed by atoms with Gasteiger partial charge in [-0.25, -0.2) is 12.8 Å². The maximum Gasteiger partial charge on any atom is 0.264 e. The second-order valence-corrected chi connectivity index (χ2v) is 10.2. The summed E-state index contributed by atoms with van der Waals surface area (Å²) in [5.74, 6) is 0.211. The van der Waals surface area contributed by atoms with Crippen molar-refractivity contribution in [3.8, 4) is 17.2 Å². The fourth-order valence-corrected chi connectivity index (χ4v) is 5.11. The molecule has 190 valence electrons. The van der Waals surface area contributed by atoms with Crippen molar-refractivity contribution in [2.75, 3.05) is 30.7 Å². The van der Waals surface area contributed by atoms with Crippen LogP contribution in [0.3, 0.4) is 0 Å². The van der Waals surface area contributed by atoms with Crippen molar-refractivity contribution in [3.63, 3.8) is 0 Å². The van der Waals surface area contributed by atoms with Gasteiger partial charge in [-0.1, -0.05) is 24.3 Å². The molecule has 36 heavy (non-hydrogen) atoms. The summed E-state index contributed by atoms with van der Waals surface area (Å²) in [6.07, 6.45) is 0. The first kappa shape index (κ1) is 25.3. The molecule has 1 unspecified atom stereocenters. The molecular weight excluding hydrogens is 487 g/mol. The largest absolute Gasteiger partial charge is 0.491 e. The molecule has 0 radical (unpaired) electrons. The maximum atomic E-state index is 14.0. The van der Waals surface area contributed by atoms with Gasteiger partial charge in [0.2, 0.25) is 5.91 Å². The molecule has 3 aromatic carbocycles. The number of fused-ring (bicyclic) bond motifs is 1. The second-order valence-electron chi connectivity index (χ2n) is 8.34. The minimum Gasteiger partial charge on any atom is -0.491 e. The summed E-state index contributed by atoms with van der Waals surface area (Å²) >= 11 is 0. The summed E-state index contributed by atoms with van der Waals surface area (Å²) in [6, 6.07) is 16.4. The van der Waals surface area contributed by atoms with E-state index in [4.69, 9.17) is 14.2 Å². The van der Waals surface area contributed by atoms with Crippen LogP contribution < -0.4 is 23.8 Å². The summed E-state index contributed by atoms with van der Waals surface area (Å²) in [5, 5.41) is 2.75. The van der Waals surface area contributed by atoms with E-state index in [0.717, 1.165) is 15.9 Å². The van der Waals surface area contributed by atoms with Gasteiger partial charge in [0.05, 0.1) is 16.6 Å². The first-order valence-corrected chi connectivity index (χ1v) is 12.8. The van der Waals surface area contributed by atoms with E-state index in [1.54, 1.807) is 6.92 Å². The Labute approximate surface area is 209 Å². The van der Waals surface area contributed by atoms with Gasteiger partial charge in [0.1, 0.15) is 37.9 Å². The number of carbonyl (C=O) groups excluding carboxylic acids is 1. The van der Waals surface area contributed by atoms with Crippen LogP contribution in [0.25, 0.3) is 0 Å². The lowest BCUT2D eigenvalue weighted by molar-refractivity contribution is -0.120. The quantitative estimate of drug-likeness (QED) is 0.468. The van der Waals surface area contributed by atoms with Crippen LogP contribution in [0, 0.1) is 12.7 Å². The lowest BCUT2D eigenvalue weighted by atomic mass is 10.2. The number of hydrogen-bond acceptors (Lipinski definition) is 6. The Kier molecular flexibility index (Phi) is 7.64. The van der Waals surface area contributed by atoms with Crippen LogP contribution in [-0.2, 0) is 14.8 Å². The summed E-state index contributed by atoms with van der Waals surface area (Å²) in [4.78, 5) is 12.8. The summed E-state index contributed by atoms with van der Waals surface area (Å²) in [5.41, 5.74) is 0.975. The Hall–Kier alpha value is -3.79. The molecule has 0 saturated carbocycles. The normalized spacial score (nSPS) is 13.5. The Morgan fingerprint density at radius 1 is 1.06 bits per heavy atom. The van der Waals surface area contributed by atoms with E-state index in [1.165, 1.54) is 36.4 Å². The number of anilines is 1. The number of carbonyl (C=O) groups is 1. The number of aryl methyl sites for hydroxylation is 1. The topological polar surface area (TPSA) is 94.2 Å². The van der Waals surface area contributed by atoms with Crippen LogP contribution in [0.15, 0.2) is 71.6 Å².